The van der Waals surface area contributed by atoms with Gasteiger partial charge >= 0.3 is 12.1 Å². The Morgan fingerprint density at radius 1 is 1.03 bits per heavy atom. The zero-order chi connectivity index (χ0) is 25.1. The highest BCUT2D eigenvalue weighted by atomic mass is 32.1. The summed E-state index contributed by atoms with van der Waals surface area (Å²) >= 11 is 0.643. The minimum absolute atomic E-state index is 0.235. The van der Waals surface area contributed by atoms with E-state index in [0.29, 0.717) is 16.0 Å². The second kappa shape index (κ2) is 9.71. The number of benzene rings is 2. The van der Waals surface area contributed by atoms with E-state index in [1.807, 2.05) is 30.3 Å². The van der Waals surface area contributed by atoms with Gasteiger partial charge in [0.05, 0.1) is 16.6 Å². The van der Waals surface area contributed by atoms with Crippen LogP contribution >= 0.6 is 11.3 Å². The van der Waals surface area contributed by atoms with E-state index < -0.39 is 47.2 Å². The number of alkyl halides is 3. The minimum Gasteiger partial charge on any atom is -0.455 e. The lowest BCUT2D eigenvalue weighted by Gasteiger charge is -2.36. The van der Waals surface area contributed by atoms with Crippen molar-refractivity contribution < 1.29 is 32.6 Å². The number of carbonyl (C=O) groups excluding carboxylic acids is 2. The second-order valence-electron chi connectivity index (χ2n) is 8.82. The molecule has 1 heterocycles. The summed E-state index contributed by atoms with van der Waals surface area (Å²) < 4.78 is 46.8. The van der Waals surface area contributed by atoms with Gasteiger partial charge in [0, 0.05) is 12.1 Å². The maximum Gasteiger partial charge on any atom is 0.424 e. The number of rotatable bonds is 7. The summed E-state index contributed by atoms with van der Waals surface area (Å²) in [7, 11) is 0. The van der Waals surface area contributed by atoms with Gasteiger partial charge in [-0.1, -0.05) is 42.5 Å². The zero-order valence-electron chi connectivity index (χ0n) is 18.9. The van der Waals surface area contributed by atoms with Gasteiger partial charge in [0.2, 0.25) is 5.60 Å². The highest BCUT2D eigenvalue weighted by Gasteiger charge is 2.58. The van der Waals surface area contributed by atoms with Gasteiger partial charge in [-0.05, 0) is 38.5 Å². The number of aromatic nitrogens is 1. The molecule has 0 spiro atoms. The van der Waals surface area contributed by atoms with Crippen molar-refractivity contribution in [1.29, 1.82) is 0 Å². The van der Waals surface area contributed by atoms with E-state index in [-0.39, 0.29) is 12.1 Å². The van der Waals surface area contributed by atoms with E-state index in [1.54, 1.807) is 39.0 Å². The number of thiazole rings is 1. The third kappa shape index (κ3) is 5.74. The van der Waals surface area contributed by atoms with Gasteiger partial charge in [-0.3, -0.25) is 9.59 Å². The smallest absolute Gasteiger partial charge is 0.424 e. The number of halogens is 3. The predicted octanol–water partition coefficient (Wildman–Crippen LogP) is 4.81. The van der Waals surface area contributed by atoms with Crippen LogP contribution in [0.1, 0.15) is 37.8 Å². The maximum atomic E-state index is 13.8. The molecule has 2 aromatic carbocycles. The molecule has 0 aliphatic heterocycles. The normalized spacial score (nSPS) is 14.0. The predicted molar refractivity (Wildman–Crippen MR) is 122 cm³/mol. The van der Waals surface area contributed by atoms with Crippen molar-refractivity contribution in [3.63, 3.8) is 0 Å². The quantitative estimate of drug-likeness (QED) is 0.477. The van der Waals surface area contributed by atoms with E-state index in [9.17, 15) is 27.9 Å². The molecule has 1 atom stereocenters. The number of aliphatic hydroxyl groups is 1. The lowest BCUT2D eigenvalue weighted by molar-refractivity contribution is -0.269. The number of hydrogen-bond acceptors (Lipinski definition) is 6. The van der Waals surface area contributed by atoms with Crippen molar-refractivity contribution in [3.8, 4) is 0 Å². The van der Waals surface area contributed by atoms with Crippen LogP contribution in [-0.4, -0.2) is 45.2 Å². The molecule has 182 valence electrons. The van der Waals surface area contributed by atoms with Gasteiger partial charge in [-0.2, -0.15) is 13.2 Å². The van der Waals surface area contributed by atoms with Crippen LogP contribution in [0.3, 0.4) is 0 Å². The van der Waals surface area contributed by atoms with Crippen LogP contribution < -0.4 is 0 Å². The average Bonchev–Trinajstić information content (AvgIpc) is 3.20. The summed E-state index contributed by atoms with van der Waals surface area (Å²) in [5.41, 5.74) is -3.05. The molecule has 0 saturated heterocycles. The molecule has 3 rings (SSSR count). The van der Waals surface area contributed by atoms with Gasteiger partial charge in [-0.25, -0.2) is 4.98 Å². The summed E-state index contributed by atoms with van der Waals surface area (Å²) in [6.07, 6.45) is -6.60. The van der Waals surface area contributed by atoms with Gasteiger partial charge in [0.15, 0.2) is 6.61 Å². The molecule has 3 aromatic rings. The number of carbonyl (C=O) groups is 2. The molecule has 1 N–H and O–H groups in total. The molecule has 1 aromatic heterocycles. The molecule has 34 heavy (non-hydrogen) atoms. The van der Waals surface area contributed by atoms with Crippen molar-refractivity contribution in [2.24, 2.45) is 0 Å². The van der Waals surface area contributed by atoms with Crippen LogP contribution in [0, 0.1) is 0 Å². The first-order chi connectivity index (χ1) is 15.8. The van der Waals surface area contributed by atoms with E-state index in [2.05, 4.69) is 4.98 Å². The fourth-order valence-corrected chi connectivity index (χ4v) is 4.37. The first-order valence-corrected chi connectivity index (χ1v) is 11.3. The monoisotopic (exact) mass is 494 g/mol. The molecule has 0 radical (unpaired) electrons. The molecule has 0 aliphatic carbocycles. The lowest BCUT2D eigenvalue weighted by atomic mass is 10.00. The average molecular weight is 495 g/mol. The van der Waals surface area contributed by atoms with Crippen molar-refractivity contribution in [2.75, 3.05) is 6.61 Å². The van der Waals surface area contributed by atoms with Crippen LogP contribution in [0.4, 0.5) is 13.2 Å². The number of nitrogens with zero attached hydrogens (tertiary/aromatic N) is 2. The Balaban J connectivity index is 1.73. The molecule has 0 saturated carbocycles. The molecule has 0 fully saturated rings. The maximum absolute atomic E-state index is 13.8. The second-order valence-corrected chi connectivity index (χ2v) is 9.85. The van der Waals surface area contributed by atoms with E-state index in [1.165, 1.54) is 11.0 Å². The molecule has 10 heteroatoms. The molecular weight excluding hydrogens is 469 g/mol. The molecule has 0 aliphatic rings. The van der Waals surface area contributed by atoms with Crippen LogP contribution in [0.5, 0.6) is 0 Å². The van der Waals surface area contributed by atoms with Gasteiger partial charge in [0.25, 0.3) is 5.91 Å². The van der Waals surface area contributed by atoms with Gasteiger partial charge in [0.1, 0.15) is 5.01 Å². The van der Waals surface area contributed by atoms with Crippen molar-refractivity contribution >= 4 is 33.4 Å². The third-order valence-electron chi connectivity index (χ3n) is 5.17. The van der Waals surface area contributed by atoms with Crippen molar-refractivity contribution in [2.45, 2.75) is 51.1 Å². The molecule has 0 unspecified atom stereocenters. The number of esters is 1. The summed E-state index contributed by atoms with van der Waals surface area (Å²) in [5, 5.41) is 9.85. The Hall–Kier alpha value is -2.98. The first kappa shape index (κ1) is 25.6. The molecule has 1 amide bonds. The van der Waals surface area contributed by atoms with E-state index in [4.69, 9.17) is 4.74 Å². The standard InChI is InChI=1S/C24H25F3N2O4S/c1-22(2,3)29(14-16-9-5-4-6-10-16)19(30)15-33-20(31)13-23(32,24(25,26)27)21-28-17-11-7-8-12-18(17)34-21/h4-12,32H,13-15H2,1-3H3/t23-/m0/s1. The number of ether oxygens (including phenoxy) is 1. The summed E-state index contributed by atoms with van der Waals surface area (Å²) in [4.78, 5) is 30.5. The first-order valence-electron chi connectivity index (χ1n) is 10.5. The summed E-state index contributed by atoms with van der Waals surface area (Å²) in [6.45, 7) is 4.87. The fraction of sp³-hybridized carbons (Fsp3) is 0.375. The Labute approximate surface area is 199 Å². The van der Waals surface area contributed by atoms with E-state index in [0.717, 1.165) is 5.56 Å². The van der Waals surface area contributed by atoms with Gasteiger partial charge < -0.3 is 14.7 Å². The molecular formula is C24H25F3N2O4S. The molecule has 6 nitrogen and oxygen atoms in total. The van der Waals surface area contributed by atoms with Crippen molar-refractivity contribution in [1.82, 2.24) is 9.88 Å². The number of hydrogen-bond donors (Lipinski definition) is 1. The molecule has 0 bridgehead atoms. The van der Waals surface area contributed by atoms with Crippen LogP contribution in [0.25, 0.3) is 10.2 Å². The van der Waals surface area contributed by atoms with Crippen LogP contribution in [0.15, 0.2) is 54.6 Å². The number of amides is 1. The third-order valence-corrected chi connectivity index (χ3v) is 6.36. The summed E-state index contributed by atoms with van der Waals surface area (Å²) in [6, 6.07) is 15.5. The SMILES string of the molecule is CC(C)(C)N(Cc1ccccc1)C(=O)COC(=O)C[C@](O)(c1nc2ccccc2s1)C(F)(F)F. The Bertz CT molecular complexity index is 1130. The summed E-state index contributed by atoms with van der Waals surface area (Å²) in [5.74, 6) is -1.93. The minimum atomic E-state index is -5.19. The Morgan fingerprint density at radius 3 is 2.24 bits per heavy atom. The van der Waals surface area contributed by atoms with Crippen LogP contribution in [-0.2, 0) is 26.5 Å². The Morgan fingerprint density at radius 2 is 1.65 bits per heavy atom. The lowest BCUT2D eigenvalue weighted by Crippen LogP contribution is -2.47. The highest BCUT2D eigenvalue weighted by molar-refractivity contribution is 7.18. The topological polar surface area (TPSA) is 79.7 Å². The zero-order valence-corrected chi connectivity index (χ0v) is 19.7. The number of para-hydroxylation sites is 1. The fourth-order valence-electron chi connectivity index (χ4n) is 3.29. The highest BCUT2D eigenvalue weighted by Crippen LogP contribution is 2.44. The Kier molecular flexibility index (Phi) is 7.32. The largest absolute Gasteiger partial charge is 0.455 e. The van der Waals surface area contributed by atoms with Gasteiger partial charge in [-0.15, -0.1) is 11.3 Å². The number of fused-ring (bicyclic) bond motifs is 1. The van der Waals surface area contributed by atoms with Crippen molar-refractivity contribution in [3.05, 3.63) is 65.2 Å². The van der Waals surface area contributed by atoms with E-state index >= 15 is 0 Å². The van der Waals surface area contributed by atoms with Crippen LogP contribution in [0.2, 0.25) is 0 Å².